The van der Waals surface area contributed by atoms with Gasteiger partial charge in [0.15, 0.2) is 0 Å². The SMILES string of the molecule is Cc1ccc(C(N)COCCC(F)(F)F)cc1. The molecule has 17 heavy (non-hydrogen) atoms. The van der Waals surface area contributed by atoms with Gasteiger partial charge in [-0.1, -0.05) is 29.8 Å². The molecule has 0 aromatic heterocycles. The lowest BCUT2D eigenvalue weighted by atomic mass is 10.1. The molecule has 0 heterocycles. The van der Waals surface area contributed by atoms with Crippen LogP contribution >= 0.6 is 0 Å². The van der Waals surface area contributed by atoms with Crippen molar-refractivity contribution in [2.45, 2.75) is 25.6 Å². The molecule has 5 heteroatoms. The van der Waals surface area contributed by atoms with Gasteiger partial charge in [-0.05, 0) is 12.5 Å². The van der Waals surface area contributed by atoms with Gasteiger partial charge in [-0.2, -0.15) is 13.2 Å². The van der Waals surface area contributed by atoms with Gasteiger partial charge >= 0.3 is 6.18 Å². The van der Waals surface area contributed by atoms with Crippen LogP contribution in [-0.4, -0.2) is 19.4 Å². The number of nitrogens with two attached hydrogens (primary N) is 1. The maximum atomic E-state index is 11.8. The van der Waals surface area contributed by atoms with Crippen LogP contribution in [0.4, 0.5) is 13.2 Å². The van der Waals surface area contributed by atoms with Crippen LogP contribution in [0, 0.1) is 6.92 Å². The van der Waals surface area contributed by atoms with Gasteiger partial charge in [-0.3, -0.25) is 0 Å². The molecule has 0 amide bonds. The first-order valence-corrected chi connectivity index (χ1v) is 5.35. The molecule has 1 aromatic carbocycles. The highest BCUT2D eigenvalue weighted by molar-refractivity contribution is 5.23. The zero-order valence-electron chi connectivity index (χ0n) is 9.63. The van der Waals surface area contributed by atoms with Crippen LogP contribution in [0.25, 0.3) is 0 Å². The van der Waals surface area contributed by atoms with Crippen LogP contribution in [0.5, 0.6) is 0 Å². The number of ether oxygens (including phenoxy) is 1. The van der Waals surface area contributed by atoms with E-state index in [1.807, 2.05) is 31.2 Å². The summed E-state index contributed by atoms with van der Waals surface area (Å²) in [6.07, 6.45) is -5.11. The smallest absolute Gasteiger partial charge is 0.379 e. The van der Waals surface area contributed by atoms with Gasteiger partial charge < -0.3 is 10.5 Å². The number of hydrogen-bond acceptors (Lipinski definition) is 2. The maximum absolute atomic E-state index is 11.8. The Hall–Kier alpha value is -1.07. The number of rotatable bonds is 5. The predicted molar refractivity (Wildman–Crippen MR) is 59.6 cm³/mol. The van der Waals surface area contributed by atoms with Crippen LogP contribution in [0.2, 0.25) is 0 Å². The van der Waals surface area contributed by atoms with E-state index in [9.17, 15) is 13.2 Å². The summed E-state index contributed by atoms with van der Waals surface area (Å²) in [7, 11) is 0. The Labute approximate surface area is 98.6 Å². The Kier molecular flexibility index (Phi) is 4.96. The van der Waals surface area contributed by atoms with E-state index in [1.54, 1.807) is 0 Å². The molecule has 0 spiro atoms. The van der Waals surface area contributed by atoms with E-state index in [2.05, 4.69) is 0 Å². The lowest BCUT2D eigenvalue weighted by Gasteiger charge is -2.13. The number of halogens is 3. The molecule has 2 N–H and O–H groups in total. The molecular weight excluding hydrogens is 231 g/mol. The Morgan fingerprint density at radius 1 is 1.24 bits per heavy atom. The monoisotopic (exact) mass is 247 g/mol. The van der Waals surface area contributed by atoms with Crippen molar-refractivity contribution in [1.29, 1.82) is 0 Å². The molecule has 0 fully saturated rings. The summed E-state index contributed by atoms with van der Waals surface area (Å²) in [5.41, 5.74) is 7.76. The van der Waals surface area contributed by atoms with Gasteiger partial charge in [0.25, 0.3) is 0 Å². The van der Waals surface area contributed by atoms with Crippen molar-refractivity contribution in [2.75, 3.05) is 13.2 Å². The quantitative estimate of drug-likeness (QED) is 0.812. The summed E-state index contributed by atoms with van der Waals surface area (Å²) >= 11 is 0. The van der Waals surface area contributed by atoms with Crippen molar-refractivity contribution in [3.8, 4) is 0 Å². The molecule has 1 atom stereocenters. The minimum absolute atomic E-state index is 0.0964. The number of aryl methyl sites for hydroxylation is 1. The second kappa shape index (κ2) is 6.02. The minimum Gasteiger partial charge on any atom is -0.379 e. The van der Waals surface area contributed by atoms with Crippen molar-refractivity contribution in [2.24, 2.45) is 5.73 Å². The zero-order valence-corrected chi connectivity index (χ0v) is 9.63. The highest BCUT2D eigenvalue weighted by Crippen LogP contribution is 2.19. The molecule has 1 rings (SSSR count). The molecule has 0 saturated carbocycles. The zero-order chi connectivity index (χ0) is 12.9. The molecule has 0 aliphatic rings. The third-order valence-corrected chi connectivity index (χ3v) is 2.33. The number of hydrogen-bond donors (Lipinski definition) is 1. The first kappa shape index (κ1) is 14.0. The van der Waals surface area contributed by atoms with Crippen molar-refractivity contribution in [1.82, 2.24) is 0 Å². The fraction of sp³-hybridized carbons (Fsp3) is 0.500. The highest BCUT2D eigenvalue weighted by atomic mass is 19.4. The van der Waals surface area contributed by atoms with Crippen molar-refractivity contribution < 1.29 is 17.9 Å². The fourth-order valence-electron chi connectivity index (χ4n) is 1.31. The van der Waals surface area contributed by atoms with E-state index in [0.717, 1.165) is 11.1 Å². The highest BCUT2D eigenvalue weighted by Gasteiger charge is 2.26. The molecule has 0 aliphatic carbocycles. The van der Waals surface area contributed by atoms with Crippen molar-refractivity contribution in [3.05, 3.63) is 35.4 Å². The summed E-state index contributed by atoms with van der Waals surface area (Å²) in [6, 6.07) is 7.14. The average Bonchev–Trinajstić information content (AvgIpc) is 2.24. The Balaban J connectivity index is 2.30. The van der Waals surface area contributed by atoms with Gasteiger partial charge in [0, 0.05) is 0 Å². The van der Waals surface area contributed by atoms with E-state index in [4.69, 9.17) is 10.5 Å². The van der Waals surface area contributed by atoms with E-state index in [-0.39, 0.29) is 19.3 Å². The molecule has 1 unspecified atom stereocenters. The molecule has 0 radical (unpaired) electrons. The summed E-state index contributed by atoms with van der Waals surface area (Å²) in [4.78, 5) is 0. The van der Waals surface area contributed by atoms with Crippen LogP contribution in [0.3, 0.4) is 0 Å². The largest absolute Gasteiger partial charge is 0.391 e. The maximum Gasteiger partial charge on any atom is 0.391 e. The van der Waals surface area contributed by atoms with Crippen molar-refractivity contribution >= 4 is 0 Å². The van der Waals surface area contributed by atoms with Gasteiger partial charge in [0.2, 0.25) is 0 Å². The van der Waals surface area contributed by atoms with Crippen LogP contribution in [-0.2, 0) is 4.74 Å². The molecule has 96 valence electrons. The second-order valence-corrected chi connectivity index (χ2v) is 3.96. The first-order chi connectivity index (χ1) is 7.88. The molecule has 0 bridgehead atoms. The van der Waals surface area contributed by atoms with E-state index in [1.165, 1.54) is 0 Å². The molecule has 0 saturated heterocycles. The van der Waals surface area contributed by atoms with Gasteiger partial charge in [0.05, 0.1) is 25.7 Å². The van der Waals surface area contributed by atoms with Crippen LogP contribution in [0.1, 0.15) is 23.6 Å². The average molecular weight is 247 g/mol. The van der Waals surface area contributed by atoms with Crippen LogP contribution in [0.15, 0.2) is 24.3 Å². The molecule has 2 nitrogen and oxygen atoms in total. The van der Waals surface area contributed by atoms with E-state index >= 15 is 0 Å². The van der Waals surface area contributed by atoms with E-state index in [0.29, 0.717) is 0 Å². The summed E-state index contributed by atoms with van der Waals surface area (Å²) in [5.74, 6) is 0. The van der Waals surface area contributed by atoms with Gasteiger partial charge in [-0.15, -0.1) is 0 Å². The Morgan fingerprint density at radius 2 is 1.82 bits per heavy atom. The Bertz CT molecular complexity index is 335. The third kappa shape index (κ3) is 5.70. The predicted octanol–water partition coefficient (Wildman–Crippen LogP) is 2.96. The van der Waals surface area contributed by atoms with Gasteiger partial charge in [-0.25, -0.2) is 0 Å². The number of benzene rings is 1. The standard InChI is InChI=1S/C12H16F3NO/c1-9-2-4-10(5-3-9)11(16)8-17-7-6-12(13,14)15/h2-5,11H,6-8,16H2,1H3. The summed E-state index contributed by atoms with van der Waals surface area (Å²) in [6.45, 7) is 1.71. The summed E-state index contributed by atoms with van der Waals surface area (Å²) in [5, 5.41) is 0. The molecule has 1 aromatic rings. The lowest BCUT2D eigenvalue weighted by molar-refractivity contribution is -0.145. The third-order valence-electron chi connectivity index (χ3n) is 2.33. The summed E-state index contributed by atoms with van der Waals surface area (Å²) < 4.78 is 40.4. The van der Waals surface area contributed by atoms with Gasteiger partial charge in [0.1, 0.15) is 0 Å². The first-order valence-electron chi connectivity index (χ1n) is 5.35. The molecular formula is C12H16F3NO. The normalized spacial score (nSPS) is 13.7. The Morgan fingerprint density at radius 3 is 2.35 bits per heavy atom. The minimum atomic E-state index is -4.17. The van der Waals surface area contributed by atoms with Crippen molar-refractivity contribution in [3.63, 3.8) is 0 Å². The number of alkyl halides is 3. The van der Waals surface area contributed by atoms with E-state index < -0.39 is 12.6 Å². The lowest BCUT2D eigenvalue weighted by Crippen LogP contribution is -2.19. The van der Waals surface area contributed by atoms with Crippen LogP contribution < -0.4 is 5.73 Å². The fourth-order valence-corrected chi connectivity index (χ4v) is 1.31. The second-order valence-electron chi connectivity index (χ2n) is 3.96. The molecule has 0 aliphatic heterocycles. The topological polar surface area (TPSA) is 35.2 Å².